The van der Waals surface area contributed by atoms with Crippen molar-refractivity contribution < 1.29 is 4.74 Å². The maximum atomic E-state index is 5.29. The molecular formula is C23H21N3OS. The molecule has 0 aliphatic carbocycles. The van der Waals surface area contributed by atoms with E-state index in [1.165, 1.54) is 5.56 Å². The van der Waals surface area contributed by atoms with Gasteiger partial charge in [-0.05, 0) is 60.5 Å². The average Bonchev–Trinajstić information content (AvgIpc) is 3.12. The van der Waals surface area contributed by atoms with E-state index in [4.69, 9.17) is 9.73 Å². The summed E-state index contributed by atoms with van der Waals surface area (Å²) in [7, 11) is 1.68. The fourth-order valence-electron chi connectivity index (χ4n) is 2.97. The lowest BCUT2D eigenvalue weighted by Crippen LogP contribution is -2.16. The first kappa shape index (κ1) is 18.2. The summed E-state index contributed by atoms with van der Waals surface area (Å²) in [4.78, 5) is 10.1. The predicted octanol–water partition coefficient (Wildman–Crippen LogP) is 5.21. The van der Waals surface area contributed by atoms with Crippen molar-refractivity contribution in [2.24, 2.45) is 4.99 Å². The molecule has 0 unspecified atom stereocenters. The van der Waals surface area contributed by atoms with Crippen LogP contribution in [0.25, 0.3) is 11.3 Å². The molecule has 4 nitrogen and oxygen atoms in total. The minimum atomic E-state index is 0.712. The van der Waals surface area contributed by atoms with E-state index in [0.29, 0.717) is 6.54 Å². The highest BCUT2D eigenvalue weighted by molar-refractivity contribution is 7.07. The van der Waals surface area contributed by atoms with E-state index in [9.17, 15) is 0 Å². The molecule has 0 fully saturated rings. The fraction of sp³-hybridized carbons (Fsp3) is 0.130. The van der Waals surface area contributed by atoms with Gasteiger partial charge in [0, 0.05) is 17.8 Å². The number of benzene rings is 2. The van der Waals surface area contributed by atoms with Crippen molar-refractivity contribution in [3.8, 4) is 17.0 Å². The second kappa shape index (κ2) is 8.23. The Morgan fingerprint density at radius 1 is 1.04 bits per heavy atom. The van der Waals surface area contributed by atoms with Gasteiger partial charge in [0.1, 0.15) is 5.75 Å². The van der Waals surface area contributed by atoms with Crippen molar-refractivity contribution in [2.75, 3.05) is 7.11 Å². The van der Waals surface area contributed by atoms with Crippen molar-refractivity contribution in [1.29, 1.82) is 0 Å². The molecule has 0 bridgehead atoms. The number of nitrogens with zero attached hydrogens (tertiary/aromatic N) is 3. The Morgan fingerprint density at radius 3 is 2.50 bits per heavy atom. The van der Waals surface area contributed by atoms with Crippen LogP contribution in [0.2, 0.25) is 0 Å². The third-order valence-corrected chi connectivity index (χ3v) is 5.37. The van der Waals surface area contributed by atoms with Crippen molar-refractivity contribution in [1.82, 2.24) is 9.55 Å². The fourth-order valence-corrected chi connectivity index (χ4v) is 3.90. The van der Waals surface area contributed by atoms with Gasteiger partial charge < -0.3 is 9.30 Å². The maximum absolute atomic E-state index is 5.29. The van der Waals surface area contributed by atoms with Crippen LogP contribution in [0.5, 0.6) is 5.75 Å². The molecule has 4 rings (SSSR count). The van der Waals surface area contributed by atoms with Gasteiger partial charge in [0.25, 0.3) is 0 Å². The first-order chi connectivity index (χ1) is 13.7. The number of hydrogen-bond acceptors (Lipinski definition) is 4. The monoisotopic (exact) mass is 387 g/mol. The third-order valence-electron chi connectivity index (χ3n) is 4.51. The lowest BCUT2D eigenvalue weighted by Gasteiger charge is -2.10. The molecular weight excluding hydrogens is 366 g/mol. The van der Waals surface area contributed by atoms with Crippen LogP contribution < -0.4 is 9.54 Å². The first-order valence-electron chi connectivity index (χ1n) is 9.06. The van der Waals surface area contributed by atoms with E-state index in [0.717, 1.165) is 33.1 Å². The zero-order chi connectivity index (χ0) is 19.3. The Kier molecular flexibility index (Phi) is 5.35. The standard InChI is InChI=1S/C23H21N3OS/c1-17-5-9-20(10-6-17)25-23-26(15-18-4-3-13-24-14-18)22(16-28-23)19-7-11-21(27-2)12-8-19/h3-14,16H,15H2,1-2H3. The predicted molar refractivity (Wildman–Crippen MR) is 114 cm³/mol. The Hall–Kier alpha value is -3.18. The largest absolute Gasteiger partial charge is 0.497 e. The van der Waals surface area contributed by atoms with Crippen LogP contribution >= 0.6 is 11.3 Å². The molecule has 0 atom stereocenters. The number of rotatable bonds is 5. The highest BCUT2D eigenvalue weighted by atomic mass is 32.1. The van der Waals surface area contributed by atoms with E-state index in [1.54, 1.807) is 24.6 Å². The molecule has 0 saturated heterocycles. The van der Waals surface area contributed by atoms with Gasteiger partial charge in [-0.25, -0.2) is 4.99 Å². The molecule has 2 heterocycles. The summed E-state index contributed by atoms with van der Waals surface area (Å²) in [6, 6.07) is 20.5. The van der Waals surface area contributed by atoms with Crippen molar-refractivity contribution in [3.05, 3.63) is 94.4 Å². The lowest BCUT2D eigenvalue weighted by molar-refractivity contribution is 0.415. The van der Waals surface area contributed by atoms with Crippen LogP contribution in [0.15, 0.2) is 83.4 Å². The highest BCUT2D eigenvalue weighted by Crippen LogP contribution is 2.24. The van der Waals surface area contributed by atoms with Gasteiger partial charge in [-0.1, -0.05) is 23.8 Å². The normalized spacial score (nSPS) is 11.6. The zero-order valence-electron chi connectivity index (χ0n) is 15.9. The second-order valence-electron chi connectivity index (χ2n) is 6.53. The number of thiazole rings is 1. The maximum Gasteiger partial charge on any atom is 0.190 e. The number of methoxy groups -OCH3 is 1. The molecule has 0 aliphatic heterocycles. The van der Waals surface area contributed by atoms with Crippen LogP contribution in [0.3, 0.4) is 0 Å². The molecule has 0 saturated carbocycles. The SMILES string of the molecule is COc1ccc(-c2csc(=Nc3ccc(C)cc3)n2Cc2cccnc2)cc1. The number of aryl methyl sites for hydroxylation is 1. The topological polar surface area (TPSA) is 39.4 Å². The average molecular weight is 388 g/mol. The van der Waals surface area contributed by atoms with Gasteiger partial charge in [0.2, 0.25) is 0 Å². The Morgan fingerprint density at radius 2 is 1.82 bits per heavy atom. The van der Waals surface area contributed by atoms with Gasteiger partial charge in [-0.3, -0.25) is 4.98 Å². The molecule has 0 N–H and O–H groups in total. The van der Waals surface area contributed by atoms with Crippen LogP contribution in [-0.2, 0) is 6.54 Å². The smallest absolute Gasteiger partial charge is 0.190 e. The Labute approximate surface area is 168 Å². The summed E-state index contributed by atoms with van der Waals surface area (Å²) in [5, 5.41) is 2.16. The molecule has 140 valence electrons. The second-order valence-corrected chi connectivity index (χ2v) is 7.36. The summed E-state index contributed by atoms with van der Waals surface area (Å²) in [5.41, 5.74) is 5.58. The van der Waals surface area contributed by atoms with E-state index in [-0.39, 0.29) is 0 Å². The van der Waals surface area contributed by atoms with E-state index >= 15 is 0 Å². The molecule has 2 aromatic heterocycles. The molecule has 0 spiro atoms. The van der Waals surface area contributed by atoms with Gasteiger partial charge >= 0.3 is 0 Å². The summed E-state index contributed by atoms with van der Waals surface area (Å²) in [6.07, 6.45) is 3.70. The minimum absolute atomic E-state index is 0.712. The third kappa shape index (κ3) is 4.05. The number of hydrogen-bond donors (Lipinski definition) is 0. The molecule has 0 radical (unpaired) electrons. The summed E-state index contributed by atoms with van der Waals surface area (Å²) in [5.74, 6) is 0.849. The van der Waals surface area contributed by atoms with Crippen LogP contribution in [0.4, 0.5) is 5.69 Å². The molecule has 0 amide bonds. The quantitative estimate of drug-likeness (QED) is 0.472. The number of pyridine rings is 1. The van der Waals surface area contributed by atoms with Gasteiger partial charge in [-0.15, -0.1) is 11.3 Å². The summed E-state index contributed by atoms with van der Waals surface area (Å²) >= 11 is 1.64. The van der Waals surface area contributed by atoms with E-state index < -0.39 is 0 Å². The number of aromatic nitrogens is 2. The molecule has 0 aliphatic rings. The molecule has 2 aromatic carbocycles. The van der Waals surface area contributed by atoms with E-state index in [2.05, 4.69) is 64.3 Å². The van der Waals surface area contributed by atoms with Gasteiger partial charge in [0.15, 0.2) is 4.80 Å². The summed E-state index contributed by atoms with van der Waals surface area (Å²) < 4.78 is 7.53. The Bertz CT molecular complexity index is 1110. The highest BCUT2D eigenvalue weighted by Gasteiger charge is 2.09. The van der Waals surface area contributed by atoms with Gasteiger partial charge in [0.05, 0.1) is 25.0 Å². The Balaban J connectivity index is 1.81. The zero-order valence-corrected chi connectivity index (χ0v) is 16.7. The molecule has 28 heavy (non-hydrogen) atoms. The minimum Gasteiger partial charge on any atom is -0.497 e. The summed E-state index contributed by atoms with van der Waals surface area (Å²) in [6.45, 7) is 2.79. The van der Waals surface area contributed by atoms with Crippen molar-refractivity contribution in [2.45, 2.75) is 13.5 Å². The first-order valence-corrected chi connectivity index (χ1v) is 9.94. The van der Waals surface area contributed by atoms with Crippen molar-refractivity contribution in [3.63, 3.8) is 0 Å². The molecule has 5 heteroatoms. The van der Waals surface area contributed by atoms with E-state index in [1.807, 2.05) is 24.4 Å². The van der Waals surface area contributed by atoms with Gasteiger partial charge in [-0.2, -0.15) is 0 Å². The molecule has 4 aromatic rings. The number of ether oxygens (including phenoxy) is 1. The van der Waals surface area contributed by atoms with Crippen LogP contribution in [0, 0.1) is 6.92 Å². The lowest BCUT2D eigenvalue weighted by atomic mass is 10.1. The van der Waals surface area contributed by atoms with Crippen LogP contribution in [0.1, 0.15) is 11.1 Å². The van der Waals surface area contributed by atoms with Crippen LogP contribution in [-0.4, -0.2) is 16.7 Å². The van der Waals surface area contributed by atoms with Crippen molar-refractivity contribution >= 4 is 17.0 Å².